The Balaban J connectivity index is 1.52. The number of nitrogens with zero attached hydrogens (tertiary/aromatic N) is 6. The van der Waals surface area contributed by atoms with Crippen molar-refractivity contribution in [2.24, 2.45) is 7.05 Å². The average Bonchev–Trinajstić information content (AvgIpc) is 3.25. The number of rotatable bonds is 2. The van der Waals surface area contributed by atoms with Crippen LogP contribution < -0.4 is 5.73 Å². The second kappa shape index (κ2) is 7.57. The molecule has 1 fully saturated rings. The Morgan fingerprint density at radius 3 is 2.60 bits per heavy atom. The number of nitrogens with two attached hydrogens (primary N) is 1. The molecule has 0 radical (unpaired) electrons. The quantitative estimate of drug-likeness (QED) is 0.604. The Labute approximate surface area is 183 Å². The number of halogens is 1. The third-order valence-corrected chi connectivity index (χ3v) is 6.07. The van der Waals surface area contributed by atoms with Gasteiger partial charge in [-0.25, -0.2) is 14.8 Å². The van der Waals surface area contributed by atoms with Crippen molar-refractivity contribution in [2.45, 2.75) is 45.3 Å². The molecule has 1 aliphatic heterocycles. The van der Waals surface area contributed by atoms with Gasteiger partial charge in [-0.3, -0.25) is 4.68 Å². The number of ether oxygens (including phenoxy) is 1. The van der Waals surface area contributed by atoms with E-state index in [1.165, 1.54) is 6.33 Å². The van der Waals surface area contributed by atoms with Gasteiger partial charge < -0.3 is 19.9 Å². The van der Waals surface area contributed by atoms with E-state index in [0.29, 0.717) is 18.9 Å². The maximum atomic E-state index is 12.3. The van der Waals surface area contributed by atoms with E-state index >= 15 is 0 Å². The van der Waals surface area contributed by atoms with Gasteiger partial charge in [-0.2, -0.15) is 5.10 Å². The predicted octanol–water partition coefficient (Wildman–Crippen LogP) is 3.75. The SMILES string of the molecule is Cn1c(-c2cnn(C3CCN(C(=O)OC(C)(C)C)CC3)c2)c(Br)c2c(N)ncnc21. The van der Waals surface area contributed by atoms with Crippen LogP contribution in [0.25, 0.3) is 22.3 Å². The van der Waals surface area contributed by atoms with E-state index in [4.69, 9.17) is 10.5 Å². The number of likely N-dealkylation sites (tertiary alicyclic amines) is 1. The number of anilines is 1. The van der Waals surface area contributed by atoms with E-state index in [-0.39, 0.29) is 12.1 Å². The molecule has 0 aromatic carbocycles. The molecule has 10 heteroatoms. The topological polar surface area (TPSA) is 104 Å². The van der Waals surface area contributed by atoms with E-state index in [9.17, 15) is 4.79 Å². The highest BCUT2D eigenvalue weighted by Crippen LogP contribution is 2.38. The lowest BCUT2D eigenvalue weighted by molar-refractivity contribution is 0.0185. The maximum absolute atomic E-state index is 12.3. The summed E-state index contributed by atoms with van der Waals surface area (Å²) < 4.78 is 10.3. The summed E-state index contributed by atoms with van der Waals surface area (Å²) in [7, 11) is 1.95. The standard InChI is InChI=1S/C20H26BrN7O2/c1-20(2,3)30-19(29)27-7-5-13(6-8-27)28-10-12(9-25-28)16-15(21)14-17(22)23-11-24-18(14)26(16)4/h9-11,13H,5-8H2,1-4H3,(H2,22,23,24). The van der Waals surface area contributed by atoms with Gasteiger partial charge in [0.1, 0.15) is 23.4 Å². The van der Waals surface area contributed by atoms with Crippen LogP contribution in [0.2, 0.25) is 0 Å². The van der Waals surface area contributed by atoms with Crippen molar-refractivity contribution >= 4 is 38.9 Å². The first-order chi connectivity index (χ1) is 14.2. The lowest BCUT2D eigenvalue weighted by Gasteiger charge is -2.33. The molecule has 30 heavy (non-hydrogen) atoms. The zero-order valence-electron chi connectivity index (χ0n) is 17.6. The lowest BCUT2D eigenvalue weighted by atomic mass is 10.1. The van der Waals surface area contributed by atoms with E-state index < -0.39 is 5.60 Å². The summed E-state index contributed by atoms with van der Waals surface area (Å²) in [6.45, 7) is 6.95. The minimum atomic E-state index is -0.482. The molecular formula is C20H26BrN7O2. The summed E-state index contributed by atoms with van der Waals surface area (Å²) in [4.78, 5) is 22.5. The summed E-state index contributed by atoms with van der Waals surface area (Å²) in [5.41, 5.74) is 8.26. The van der Waals surface area contributed by atoms with E-state index in [2.05, 4.69) is 31.0 Å². The number of carbonyl (C=O) groups excluding carboxylic acids is 1. The minimum absolute atomic E-state index is 0.232. The van der Waals surface area contributed by atoms with Crippen LogP contribution in [0.15, 0.2) is 23.2 Å². The second-order valence-electron chi connectivity index (χ2n) is 8.59. The first-order valence-corrected chi connectivity index (χ1v) is 10.7. The van der Waals surface area contributed by atoms with Gasteiger partial charge in [0, 0.05) is 31.9 Å². The molecule has 0 atom stereocenters. The highest BCUT2D eigenvalue weighted by atomic mass is 79.9. The van der Waals surface area contributed by atoms with Crippen molar-refractivity contribution in [1.82, 2.24) is 29.2 Å². The Hall–Kier alpha value is -2.62. The fourth-order valence-corrected chi connectivity index (χ4v) is 4.72. The fourth-order valence-electron chi connectivity index (χ4n) is 3.85. The summed E-state index contributed by atoms with van der Waals surface area (Å²) in [5, 5.41) is 5.40. The van der Waals surface area contributed by atoms with Crippen molar-refractivity contribution < 1.29 is 9.53 Å². The number of aryl methyl sites for hydroxylation is 1. The van der Waals surface area contributed by atoms with Crippen molar-refractivity contribution in [1.29, 1.82) is 0 Å². The van der Waals surface area contributed by atoms with Gasteiger partial charge in [-0.1, -0.05) is 0 Å². The molecule has 2 N–H and O–H groups in total. The largest absolute Gasteiger partial charge is 0.444 e. The van der Waals surface area contributed by atoms with Crippen LogP contribution in [0.3, 0.4) is 0 Å². The van der Waals surface area contributed by atoms with E-state index in [0.717, 1.165) is 39.6 Å². The van der Waals surface area contributed by atoms with Crippen molar-refractivity contribution in [2.75, 3.05) is 18.8 Å². The summed E-state index contributed by atoms with van der Waals surface area (Å²) >= 11 is 3.67. The number of hydrogen-bond acceptors (Lipinski definition) is 6. The molecule has 0 spiro atoms. The highest BCUT2D eigenvalue weighted by molar-refractivity contribution is 9.10. The Kier molecular flexibility index (Phi) is 5.21. The molecule has 3 aromatic heterocycles. The highest BCUT2D eigenvalue weighted by Gasteiger charge is 2.28. The molecular weight excluding hydrogens is 450 g/mol. The molecule has 0 aliphatic carbocycles. The summed E-state index contributed by atoms with van der Waals surface area (Å²) in [5.74, 6) is 0.440. The van der Waals surface area contributed by atoms with Crippen LogP contribution in [0.5, 0.6) is 0 Å². The number of hydrogen-bond donors (Lipinski definition) is 1. The van der Waals surface area contributed by atoms with Crippen LogP contribution >= 0.6 is 15.9 Å². The molecule has 1 saturated heterocycles. The van der Waals surface area contributed by atoms with Gasteiger partial charge in [0.15, 0.2) is 0 Å². The van der Waals surface area contributed by atoms with Crippen LogP contribution in [0, 0.1) is 0 Å². The third kappa shape index (κ3) is 3.76. The Morgan fingerprint density at radius 1 is 1.27 bits per heavy atom. The van der Waals surface area contributed by atoms with Crippen LogP contribution in [-0.2, 0) is 11.8 Å². The zero-order chi connectivity index (χ0) is 21.6. The van der Waals surface area contributed by atoms with Crippen molar-refractivity contribution in [3.8, 4) is 11.3 Å². The normalized spacial score (nSPS) is 15.7. The third-order valence-electron chi connectivity index (χ3n) is 5.30. The van der Waals surface area contributed by atoms with Crippen molar-refractivity contribution in [3.63, 3.8) is 0 Å². The first-order valence-electron chi connectivity index (χ1n) is 9.92. The molecule has 3 aromatic rings. The lowest BCUT2D eigenvalue weighted by Crippen LogP contribution is -2.42. The molecule has 4 rings (SSSR count). The smallest absolute Gasteiger partial charge is 0.410 e. The van der Waals surface area contributed by atoms with Gasteiger partial charge in [-0.15, -0.1) is 0 Å². The summed E-state index contributed by atoms with van der Waals surface area (Å²) in [6.07, 6.45) is 6.76. The van der Waals surface area contributed by atoms with E-state index in [1.807, 2.05) is 49.5 Å². The molecule has 4 heterocycles. The molecule has 1 aliphatic rings. The molecule has 9 nitrogen and oxygen atoms in total. The minimum Gasteiger partial charge on any atom is -0.444 e. The van der Waals surface area contributed by atoms with Gasteiger partial charge >= 0.3 is 6.09 Å². The van der Waals surface area contributed by atoms with Gasteiger partial charge in [-0.05, 0) is 49.5 Å². The van der Waals surface area contributed by atoms with E-state index in [1.54, 1.807) is 4.90 Å². The zero-order valence-corrected chi connectivity index (χ0v) is 19.2. The average molecular weight is 476 g/mol. The molecule has 0 bridgehead atoms. The summed E-state index contributed by atoms with van der Waals surface area (Å²) in [6, 6.07) is 0.232. The number of nitrogen functional groups attached to an aromatic ring is 1. The monoisotopic (exact) mass is 475 g/mol. The Bertz CT molecular complexity index is 1090. The first kappa shape index (κ1) is 20.6. The number of fused-ring (bicyclic) bond motifs is 1. The van der Waals surface area contributed by atoms with Gasteiger partial charge in [0.25, 0.3) is 0 Å². The molecule has 0 saturated carbocycles. The second-order valence-corrected chi connectivity index (χ2v) is 9.38. The maximum Gasteiger partial charge on any atom is 0.410 e. The molecule has 1 amide bonds. The van der Waals surface area contributed by atoms with Crippen LogP contribution in [0.4, 0.5) is 10.6 Å². The number of piperidine rings is 1. The van der Waals surface area contributed by atoms with Gasteiger partial charge in [0.05, 0.1) is 27.8 Å². The number of aromatic nitrogens is 5. The van der Waals surface area contributed by atoms with Crippen LogP contribution in [-0.4, -0.2) is 54.0 Å². The van der Waals surface area contributed by atoms with Crippen molar-refractivity contribution in [3.05, 3.63) is 23.2 Å². The molecule has 160 valence electrons. The molecule has 0 unspecified atom stereocenters. The van der Waals surface area contributed by atoms with Crippen LogP contribution in [0.1, 0.15) is 39.7 Å². The predicted molar refractivity (Wildman–Crippen MR) is 118 cm³/mol. The fraction of sp³-hybridized carbons (Fsp3) is 0.500. The Morgan fingerprint density at radius 2 is 1.97 bits per heavy atom. The number of amides is 1. The number of carbonyl (C=O) groups is 1. The van der Waals surface area contributed by atoms with Gasteiger partial charge in [0.2, 0.25) is 0 Å².